The molecule has 0 heterocycles. The molecule has 0 aromatic heterocycles. The molecule has 0 unspecified atom stereocenters. The minimum Gasteiger partial charge on any atom is -0.352 e. The lowest BCUT2D eigenvalue weighted by atomic mass is 10.1. The molecule has 0 bridgehead atoms. The second-order valence-electron chi connectivity index (χ2n) is 10.0. The number of anilines is 1. The van der Waals surface area contributed by atoms with E-state index < -0.39 is 28.5 Å². The zero-order valence-electron chi connectivity index (χ0n) is 23.6. The third-order valence-electron chi connectivity index (χ3n) is 6.84. The molecule has 0 fully saturated rings. The van der Waals surface area contributed by atoms with E-state index in [1.165, 1.54) is 23.1 Å². The number of rotatable bonds is 11. The lowest BCUT2D eigenvalue weighted by molar-refractivity contribution is -0.139. The number of nitrogens with one attached hydrogen (secondary N) is 1. The summed E-state index contributed by atoms with van der Waals surface area (Å²) >= 11 is 18.7. The normalized spacial score (nSPS) is 12.9. The van der Waals surface area contributed by atoms with Gasteiger partial charge in [0.05, 0.1) is 20.6 Å². The molecule has 0 saturated carbocycles. The first-order valence-corrected chi connectivity index (χ1v) is 15.7. The van der Waals surface area contributed by atoms with Gasteiger partial charge >= 0.3 is 0 Å². The molecule has 3 aromatic rings. The lowest BCUT2D eigenvalue weighted by Gasteiger charge is -2.32. The molecule has 7 nitrogen and oxygen atoms in total. The first-order valence-electron chi connectivity index (χ1n) is 13.1. The Morgan fingerprint density at radius 1 is 0.878 bits per heavy atom. The highest BCUT2D eigenvalue weighted by Crippen LogP contribution is 2.29. The van der Waals surface area contributed by atoms with E-state index in [1.54, 1.807) is 56.3 Å². The molecule has 0 aliphatic heterocycles. The van der Waals surface area contributed by atoms with Gasteiger partial charge in [0.2, 0.25) is 11.8 Å². The SMILES string of the molecule is CC[C@@H](C)NC(=O)[C@@H](C)N(Cc1ccc(Cl)c(Cl)c1)C(=O)CN(c1ccc(C)c(Cl)c1)S(=O)(=O)c1ccc(C)cc1. The second kappa shape index (κ2) is 13.9. The summed E-state index contributed by atoms with van der Waals surface area (Å²) < 4.78 is 28.9. The molecule has 2 amide bonds. The van der Waals surface area contributed by atoms with Crippen molar-refractivity contribution < 1.29 is 18.0 Å². The lowest BCUT2D eigenvalue weighted by Crippen LogP contribution is -2.52. The fourth-order valence-electron chi connectivity index (χ4n) is 3.99. The summed E-state index contributed by atoms with van der Waals surface area (Å²) in [6, 6.07) is 15.1. The predicted octanol–water partition coefficient (Wildman–Crippen LogP) is 6.79. The van der Waals surface area contributed by atoms with Gasteiger partial charge in [-0.05, 0) is 81.6 Å². The third kappa shape index (κ3) is 8.16. The van der Waals surface area contributed by atoms with Crippen molar-refractivity contribution in [2.24, 2.45) is 0 Å². The van der Waals surface area contributed by atoms with E-state index in [2.05, 4.69) is 5.32 Å². The van der Waals surface area contributed by atoms with Crippen molar-refractivity contribution in [3.05, 3.63) is 92.4 Å². The monoisotopic (exact) mass is 637 g/mol. The first kappa shape index (κ1) is 32.7. The molecule has 220 valence electrons. The smallest absolute Gasteiger partial charge is 0.264 e. The summed E-state index contributed by atoms with van der Waals surface area (Å²) in [5, 5.41) is 3.90. The Labute approximate surface area is 257 Å². The van der Waals surface area contributed by atoms with Gasteiger partial charge in [-0.1, -0.05) is 71.6 Å². The van der Waals surface area contributed by atoms with Crippen LogP contribution in [0.25, 0.3) is 0 Å². The van der Waals surface area contributed by atoms with Crippen molar-refractivity contribution in [3.63, 3.8) is 0 Å². The van der Waals surface area contributed by atoms with Crippen LogP contribution < -0.4 is 9.62 Å². The molecular formula is C30H34Cl3N3O4S. The summed E-state index contributed by atoms with van der Waals surface area (Å²) in [5.74, 6) is -0.950. The Morgan fingerprint density at radius 2 is 1.54 bits per heavy atom. The number of hydrogen-bond donors (Lipinski definition) is 1. The Kier molecular flexibility index (Phi) is 11.1. The van der Waals surface area contributed by atoms with Gasteiger partial charge in [-0.3, -0.25) is 13.9 Å². The van der Waals surface area contributed by atoms with Gasteiger partial charge in [0.25, 0.3) is 10.0 Å². The van der Waals surface area contributed by atoms with Crippen molar-refractivity contribution in [2.75, 3.05) is 10.8 Å². The fraction of sp³-hybridized carbons (Fsp3) is 0.333. The van der Waals surface area contributed by atoms with Crippen LogP contribution in [0.5, 0.6) is 0 Å². The number of carbonyl (C=O) groups is 2. The highest BCUT2D eigenvalue weighted by molar-refractivity contribution is 7.92. The van der Waals surface area contributed by atoms with E-state index in [-0.39, 0.29) is 29.1 Å². The van der Waals surface area contributed by atoms with Gasteiger partial charge in [-0.25, -0.2) is 8.42 Å². The fourth-order valence-corrected chi connectivity index (χ4v) is 5.89. The molecule has 1 N–H and O–H groups in total. The molecule has 3 aromatic carbocycles. The van der Waals surface area contributed by atoms with E-state index in [0.717, 1.165) is 15.4 Å². The minimum absolute atomic E-state index is 0.00210. The largest absolute Gasteiger partial charge is 0.352 e. The first-order chi connectivity index (χ1) is 19.2. The van der Waals surface area contributed by atoms with E-state index in [1.807, 2.05) is 20.8 Å². The van der Waals surface area contributed by atoms with Crippen LogP contribution in [0.1, 0.15) is 43.9 Å². The number of halogens is 3. The third-order valence-corrected chi connectivity index (χ3v) is 9.77. The maximum absolute atomic E-state index is 14.0. The molecule has 3 rings (SSSR count). The quantitative estimate of drug-likeness (QED) is 0.251. The number of aryl methyl sites for hydroxylation is 2. The van der Waals surface area contributed by atoms with Gasteiger partial charge in [0.1, 0.15) is 12.6 Å². The molecule has 0 aliphatic carbocycles. The maximum atomic E-state index is 14.0. The van der Waals surface area contributed by atoms with Crippen molar-refractivity contribution in [1.29, 1.82) is 0 Å². The zero-order chi connectivity index (χ0) is 30.5. The van der Waals surface area contributed by atoms with Gasteiger partial charge < -0.3 is 10.2 Å². The number of sulfonamides is 1. The van der Waals surface area contributed by atoms with E-state index in [4.69, 9.17) is 34.8 Å². The Morgan fingerprint density at radius 3 is 2.12 bits per heavy atom. The van der Waals surface area contributed by atoms with Crippen molar-refractivity contribution in [1.82, 2.24) is 10.2 Å². The van der Waals surface area contributed by atoms with Crippen LogP contribution in [-0.2, 0) is 26.2 Å². The Hall–Kier alpha value is -2.78. The molecule has 0 radical (unpaired) electrons. The van der Waals surface area contributed by atoms with Crippen molar-refractivity contribution in [2.45, 2.75) is 64.6 Å². The van der Waals surface area contributed by atoms with Gasteiger partial charge in [-0.15, -0.1) is 0 Å². The molecule has 0 aliphatic rings. The molecule has 0 saturated heterocycles. The average Bonchev–Trinajstić information content (AvgIpc) is 2.93. The van der Waals surface area contributed by atoms with Crippen molar-refractivity contribution in [3.8, 4) is 0 Å². The van der Waals surface area contributed by atoms with E-state index >= 15 is 0 Å². The number of carbonyl (C=O) groups excluding carboxylic acids is 2. The highest BCUT2D eigenvalue weighted by atomic mass is 35.5. The van der Waals surface area contributed by atoms with E-state index in [0.29, 0.717) is 27.1 Å². The van der Waals surface area contributed by atoms with Crippen LogP contribution in [-0.4, -0.2) is 43.8 Å². The summed E-state index contributed by atoms with van der Waals surface area (Å²) in [5.41, 5.74) is 2.49. The summed E-state index contributed by atoms with van der Waals surface area (Å²) in [4.78, 5) is 28.5. The number of benzene rings is 3. The average molecular weight is 639 g/mol. The van der Waals surface area contributed by atoms with Crippen molar-refractivity contribution >= 4 is 62.3 Å². The Bertz CT molecular complexity index is 1510. The predicted molar refractivity (Wildman–Crippen MR) is 166 cm³/mol. The highest BCUT2D eigenvalue weighted by Gasteiger charge is 2.33. The molecule has 0 spiro atoms. The Balaban J connectivity index is 2.06. The second-order valence-corrected chi connectivity index (χ2v) is 13.1. The number of amides is 2. The van der Waals surface area contributed by atoms with E-state index in [9.17, 15) is 18.0 Å². The van der Waals surface area contributed by atoms with Crippen LogP contribution in [0, 0.1) is 13.8 Å². The summed E-state index contributed by atoms with van der Waals surface area (Å²) in [7, 11) is -4.20. The standard InChI is InChI=1S/C30H34Cl3N3O4S/c1-6-21(4)34-30(38)22(5)35(17-23-10-14-26(31)28(33)15-23)29(37)18-36(24-11-9-20(3)27(32)16-24)41(39,40)25-12-7-19(2)8-13-25/h7-16,21-22H,6,17-18H2,1-5H3,(H,34,38)/t21-,22-/m1/s1. The summed E-state index contributed by atoms with van der Waals surface area (Å²) in [6.45, 7) is 8.49. The molecule has 2 atom stereocenters. The van der Waals surface area contributed by atoms with Crippen LogP contribution in [0.2, 0.25) is 15.1 Å². The molecule has 41 heavy (non-hydrogen) atoms. The topological polar surface area (TPSA) is 86.8 Å². The summed E-state index contributed by atoms with van der Waals surface area (Å²) in [6.07, 6.45) is 0.704. The van der Waals surface area contributed by atoms with Gasteiger partial charge in [-0.2, -0.15) is 0 Å². The van der Waals surface area contributed by atoms with Crippen LogP contribution in [0.15, 0.2) is 65.6 Å². The minimum atomic E-state index is -4.20. The number of nitrogens with zero attached hydrogens (tertiary/aromatic N) is 2. The van der Waals surface area contributed by atoms with Crippen LogP contribution in [0.3, 0.4) is 0 Å². The van der Waals surface area contributed by atoms with Gasteiger partial charge in [0, 0.05) is 17.6 Å². The van der Waals surface area contributed by atoms with Gasteiger partial charge in [0.15, 0.2) is 0 Å². The number of hydrogen-bond acceptors (Lipinski definition) is 4. The zero-order valence-corrected chi connectivity index (χ0v) is 26.7. The van der Waals surface area contributed by atoms with Crippen LogP contribution >= 0.6 is 34.8 Å². The maximum Gasteiger partial charge on any atom is 0.264 e. The molecule has 11 heteroatoms. The molecular weight excluding hydrogens is 605 g/mol. The van der Waals surface area contributed by atoms with Crippen LogP contribution in [0.4, 0.5) is 5.69 Å².